The van der Waals surface area contributed by atoms with Crippen LogP contribution >= 0.6 is 23.2 Å². The van der Waals surface area contributed by atoms with Crippen LogP contribution in [0, 0.1) is 5.41 Å². The van der Waals surface area contributed by atoms with Crippen LogP contribution in [-0.2, 0) is 0 Å². The Morgan fingerprint density at radius 3 is 2.58 bits per heavy atom. The van der Waals surface area contributed by atoms with E-state index in [-0.39, 0.29) is 5.92 Å². The Morgan fingerprint density at radius 1 is 1.17 bits per heavy atom. The van der Waals surface area contributed by atoms with Gasteiger partial charge in [-0.3, -0.25) is 5.41 Å². The first kappa shape index (κ1) is 16.9. The highest BCUT2D eigenvalue weighted by molar-refractivity contribution is 6.42. The number of rotatable bonds is 1. The Labute approximate surface area is 152 Å². The first-order valence-corrected chi connectivity index (χ1v) is 8.60. The molecule has 0 saturated heterocycles. The van der Waals surface area contributed by atoms with E-state index in [1.54, 1.807) is 6.92 Å². The van der Waals surface area contributed by atoms with Gasteiger partial charge >= 0.3 is 0 Å². The largest absolute Gasteiger partial charge is 0.287 e. The lowest BCUT2D eigenvalue weighted by Gasteiger charge is -2.29. The van der Waals surface area contributed by atoms with Gasteiger partial charge in [-0.2, -0.15) is 0 Å². The molecule has 0 heterocycles. The van der Waals surface area contributed by atoms with Crippen LogP contribution in [0.15, 0.2) is 59.1 Å². The van der Waals surface area contributed by atoms with Gasteiger partial charge in [0.15, 0.2) is 0 Å². The van der Waals surface area contributed by atoms with Crippen molar-refractivity contribution in [2.45, 2.75) is 26.2 Å². The number of allylic oxidation sites excluding steroid dienone is 2. The third-order valence-electron chi connectivity index (χ3n) is 4.29. The van der Waals surface area contributed by atoms with E-state index < -0.39 is 0 Å². The minimum absolute atomic E-state index is 0.201. The molecule has 1 aliphatic carbocycles. The summed E-state index contributed by atoms with van der Waals surface area (Å²) in [5.74, 6) is 0.513. The number of halogens is 2. The standard InChI is InChI=1S/C20H18Cl2N2/c1-3-13-10-17(14-8-9-18(21)19(22)11-14)15-6-4-5-7-16(15)20(13)24-12(2)23/h3-9,11,17,23H,10H2,1-2H3/b13-3-,23-12?,24-20?. The molecule has 0 fully saturated rings. The molecule has 0 aromatic heterocycles. The minimum Gasteiger partial charge on any atom is -0.287 e. The summed E-state index contributed by atoms with van der Waals surface area (Å²) in [7, 11) is 0. The lowest BCUT2D eigenvalue weighted by Crippen LogP contribution is -2.21. The van der Waals surface area contributed by atoms with Crippen molar-refractivity contribution in [2.24, 2.45) is 4.99 Å². The lowest BCUT2D eigenvalue weighted by atomic mass is 9.75. The molecule has 1 atom stereocenters. The zero-order chi connectivity index (χ0) is 17.3. The summed E-state index contributed by atoms with van der Waals surface area (Å²) in [6.45, 7) is 3.72. The van der Waals surface area contributed by atoms with Crippen molar-refractivity contribution in [1.29, 1.82) is 5.41 Å². The molecule has 24 heavy (non-hydrogen) atoms. The highest BCUT2D eigenvalue weighted by Gasteiger charge is 2.28. The van der Waals surface area contributed by atoms with E-state index in [4.69, 9.17) is 28.6 Å². The van der Waals surface area contributed by atoms with Crippen molar-refractivity contribution in [3.05, 3.63) is 80.8 Å². The van der Waals surface area contributed by atoms with Crippen LogP contribution in [0.5, 0.6) is 0 Å². The molecule has 3 rings (SSSR count). The van der Waals surface area contributed by atoms with Crippen LogP contribution in [0.3, 0.4) is 0 Å². The van der Waals surface area contributed by atoms with E-state index in [1.807, 2.05) is 37.3 Å². The Morgan fingerprint density at radius 2 is 1.92 bits per heavy atom. The summed E-state index contributed by atoms with van der Waals surface area (Å²) in [6, 6.07) is 14.1. The third kappa shape index (κ3) is 3.17. The number of nitrogens with zero attached hydrogens (tertiary/aromatic N) is 1. The fourth-order valence-electron chi connectivity index (χ4n) is 3.20. The summed E-state index contributed by atoms with van der Waals surface area (Å²) >= 11 is 12.3. The maximum atomic E-state index is 7.76. The lowest BCUT2D eigenvalue weighted by molar-refractivity contribution is 0.797. The van der Waals surface area contributed by atoms with Gasteiger partial charge in [0.05, 0.1) is 15.8 Å². The summed E-state index contributed by atoms with van der Waals surface area (Å²) in [6.07, 6.45) is 2.92. The van der Waals surface area contributed by atoms with Crippen LogP contribution in [0.4, 0.5) is 0 Å². The molecule has 2 aromatic carbocycles. The molecule has 122 valence electrons. The van der Waals surface area contributed by atoms with Gasteiger partial charge in [-0.05, 0) is 49.1 Å². The quantitative estimate of drug-likeness (QED) is 0.462. The molecule has 0 bridgehead atoms. The molecular weight excluding hydrogens is 339 g/mol. The number of hydrogen-bond donors (Lipinski definition) is 1. The highest BCUT2D eigenvalue weighted by Crippen LogP contribution is 2.40. The molecule has 0 amide bonds. The van der Waals surface area contributed by atoms with Crippen LogP contribution in [0.2, 0.25) is 10.0 Å². The average Bonchev–Trinajstić information content (AvgIpc) is 2.57. The van der Waals surface area contributed by atoms with Crippen LogP contribution in [0.25, 0.3) is 0 Å². The number of benzene rings is 2. The Kier molecular flexibility index (Phi) is 4.88. The highest BCUT2D eigenvalue weighted by atomic mass is 35.5. The van der Waals surface area contributed by atoms with E-state index >= 15 is 0 Å². The summed E-state index contributed by atoms with van der Waals surface area (Å²) in [5, 5.41) is 8.90. The van der Waals surface area contributed by atoms with Crippen molar-refractivity contribution >= 4 is 34.7 Å². The van der Waals surface area contributed by atoms with Gasteiger partial charge in [-0.25, -0.2) is 4.99 Å². The molecule has 0 saturated carbocycles. The van der Waals surface area contributed by atoms with Gasteiger partial charge in [0.25, 0.3) is 0 Å². The first-order chi connectivity index (χ1) is 11.5. The minimum atomic E-state index is 0.201. The molecule has 2 nitrogen and oxygen atoms in total. The van der Waals surface area contributed by atoms with Crippen molar-refractivity contribution < 1.29 is 0 Å². The molecule has 0 aliphatic heterocycles. The van der Waals surface area contributed by atoms with Crippen LogP contribution < -0.4 is 0 Å². The van der Waals surface area contributed by atoms with Gasteiger partial charge in [0, 0.05) is 11.5 Å². The monoisotopic (exact) mass is 356 g/mol. The third-order valence-corrected chi connectivity index (χ3v) is 5.03. The van der Waals surface area contributed by atoms with E-state index in [0.717, 1.165) is 28.8 Å². The normalized spacial score (nSPS) is 20.2. The van der Waals surface area contributed by atoms with Crippen molar-refractivity contribution in [3.8, 4) is 0 Å². The van der Waals surface area contributed by atoms with Crippen LogP contribution in [0.1, 0.15) is 42.9 Å². The van der Waals surface area contributed by atoms with Gasteiger partial charge in [0.1, 0.15) is 5.84 Å². The zero-order valence-electron chi connectivity index (χ0n) is 13.6. The predicted molar refractivity (Wildman–Crippen MR) is 103 cm³/mol. The summed E-state index contributed by atoms with van der Waals surface area (Å²) < 4.78 is 0. The molecule has 1 N–H and O–H groups in total. The molecule has 0 radical (unpaired) electrons. The van der Waals surface area contributed by atoms with Crippen molar-refractivity contribution in [3.63, 3.8) is 0 Å². The van der Waals surface area contributed by atoms with Crippen molar-refractivity contribution in [1.82, 2.24) is 0 Å². The number of hydrogen-bond acceptors (Lipinski definition) is 1. The van der Waals surface area contributed by atoms with E-state index in [0.29, 0.717) is 15.9 Å². The van der Waals surface area contributed by atoms with E-state index in [2.05, 4.69) is 23.2 Å². The molecular formula is C20H18Cl2N2. The Hall–Kier alpha value is -1.90. The average molecular weight is 357 g/mol. The molecule has 2 aromatic rings. The second-order valence-electron chi connectivity index (χ2n) is 5.88. The SMILES string of the molecule is C/C=C1/CC(c2ccc(Cl)c(Cl)c2)c2ccccc2C1=NC(C)=N. The summed E-state index contributed by atoms with van der Waals surface area (Å²) in [4.78, 5) is 4.47. The van der Waals surface area contributed by atoms with Gasteiger partial charge < -0.3 is 0 Å². The zero-order valence-corrected chi connectivity index (χ0v) is 15.1. The molecule has 0 spiro atoms. The number of amidine groups is 1. The van der Waals surface area contributed by atoms with Gasteiger partial charge in [-0.1, -0.05) is 59.6 Å². The maximum Gasteiger partial charge on any atom is 0.118 e. The van der Waals surface area contributed by atoms with Gasteiger partial charge in [0.2, 0.25) is 0 Å². The topological polar surface area (TPSA) is 36.2 Å². The Bertz CT molecular complexity index is 866. The molecule has 4 heteroatoms. The maximum absolute atomic E-state index is 7.76. The molecule has 1 unspecified atom stereocenters. The Balaban J connectivity index is 2.19. The van der Waals surface area contributed by atoms with Gasteiger partial charge in [-0.15, -0.1) is 0 Å². The second-order valence-corrected chi connectivity index (χ2v) is 6.69. The number of nitrogens with one attached hydrogen (secondary N) is 1. The number of aliphatic imine (C=N–C) groups is 1. The fraction of sp³-hybridized carbons (Fsp3) is 0.200. The molecule has 1 aliphatic rings. The van der Waals surface area contributed by atoms with Crippen molar-refractivity contribution in [2.75, 3.05) is 0 Å². The first-order valence-electron chi connectivity index (χ1n) is 7.85. The predicted octanol–water partition coefficient (Wildman–Crippen LogP) is 6.26. The summed E-state index contributed by atoms with van der Waals surface area (Å²) in [5.41, 5.74) is 5.48. The van der Waals surface area contributed by atoms with Crippen LogP contribution in [-0.4, -0.2) is 11.5 Å². The smallest absolute Gasteiger partial charge is 0.118 e. The van der Waals surface area contributed by atoms with E-state index in [9.17, 15) is 0 Å². The second kappa shape index (κ2) is 6.92. The van der Waals surface area contributed by atoms with E-state index in [1.165, 1.54) is 5.56 Å². The number of fused-ring (bicyclic) bond motifs is 1. The fourth-order valence-corrected chi connectivity index (χ4v) is 3.50.